The minimum Gasteiger partial charge on any atom is -0.356 e. The van der Waals surface area contributed by atoms with E-state index < -0.39 is 0 Å². The fraction of sp³-hybridized carbons (Fsp3) is 0.381. The first kappa shape index (κ1) is 20.3. The predicted octanol–water partition coefficient (Wildman–Crippen LogP) is 3.90. The molecule has 1 aliphatic rings. The highest BCUT2D eigenvalue weighted by atomic mass is 79.9. The maximum atomic E-state index is 12.6. The predicted molar refractivity (Wildman–Crippen MR) is 115 cm³/mol. The zero-order valence-electron chi connectivity index (χ0n) is 16.0. The average molecular weight is 445 g/mol. The van der Waals surface area contributed by atoms with Crippen LogP contribution in [-0.4, -0.2) is 36.4 Å². The van der Waals surface area contributed by atoms with Crippen LogP contribution in [0.4, 0.5) is 11.5 Å². The number of carbonyl (C=O) groups is 2. The summed E-state index contributed by atoms with van der Waals surface area (Å²) >= 11 is 3.41. The molecule has 148 valence electrons. The summed E-state index contributed by atoms with van der Waals surface area (Å²) in [6.45, 7) is 4.05. The molecule has 0 aliphatic carbocycles. The minimum absolute atomic E-state index is 0.135. The first-order valence-electron chi connectivity index (χ1n) is 9.59. The van der Waals surface area contributed by atoms with Gasteiger partial charge in [-0.2, -0.15) is 0 Å². The van der Waals surface area contributed by atoms with E-state index in [1.807, 2.05) is 25.1 Å². The van der Waals surface area contributed by atoms with Crippen LogP contribution in [0.15, 0.2) is 41.0 Å². The molecule has 0 atom stereocenters. The molecule has 1 fully saturated rings. The second-order valence-electron chi connectivity index (χ2n) is 6.94. The van der Waals surface area contributed by atoms with Crippen molar-refractivity contribution >= 4 is 39.2 Å². The lowest BCUT2D eigenvalue weighted by Crippen LogP contribution is -2.34. The smallest absolute Gasteiger partial charge is 0.255 e. The number of anilines is 2. The summed E-state index contributed by atoms with van der Waals surface area (Å²) in [6.07, 6.45) is 5.38. The number of aromatic nitrogens is 1. The van der Waals surface area contributed by atoms with E-state index in [-0.39, 0.29) is 24.8 Å². The van der Waals surface area contributed by atoms with Crippen molar-refractivity contribution in [2.75, 3.05) is 29.9 Å². The highest BCUT2D eigenvalue weighted by Crippen LogP contribution is 2.22. The molecule has 2 heterocycles. The molecule has 1 aromatic heterocycles. The van der Waals surface area contributed by atoms with Gasteiger partial charge in [-0.25, -0.2) is 4.98 Å². The van der Waals surface area contributed by atoms with Crippen LogP contribution < -0.4 is 15.5 Å². The molecule has 2 N–H and O–H groups in total. The number of nitrogens with one attached hydrogen (secondary N) is 2. The van der Waals surface area contributed by atoms with E-state index in [1.165, 1.54) is 6.42 Å². The van der Waals surface area contributed by atoms with Crippen molar-refractivity contribution in [1.29, 1.82) is 0 Å². The topological polar surface area (TPSA) is 74.3 Å². The van der Waals surface area contributed by atoms with Gasteiger partial charge in [-0.15, -0.1) is 0 Å². The molecule has 2 aromatic rings. The van der Waals surface area contributed by atoms with Crippen LogP contribution in [0.3, 0.4) is 0 Å². The highest BCUT2D eigenvalue weighted by Gasteiger charge is 2.19. The summed E-state index contributed by atoms with van der Waals surface area (Å²) in [5, 5.41) is 5.73. The molecule has 0 saturated carbocycles. The molecule has 0 bridgehead atoms. The minimum atomic E-state index is -0.194. The second-order valence-corrected chi connectivity index (χ2v) is 7.85. The Morgan fingerprint density at radius 2 is 1.96 bits per heavy atom. The molecule has 7 heteroatoms. The third-order valence-corrected chi connectivity index (χ3v) is 5.29. The molecule has 0 radical (unpaired) electrons. The number of hydrogen-bond donors (Lipinski definition) is 2. The summed E-state index contributed by atoms with van der Waals surface area (Å²) in [5.41, 5.74) is 2.32. The van der Waals surface area contributed by atoms with E-state index >= 15 is 0 Å². The van der Waals surface area contributed by atoms with Gasteiger partial charge in [0.15, 0.2) is 0 Å². The first-order chi connectivity index (χ1) is 13.5. The average Bonchev–Trinajstić information content (AvgIpc) is 2.71. The summed E-state index contributed by atoms with van der Waals surface area (Å²) in [4.78, 5) is 31.4. The largest absolute Gasteiger partial charge is 0.356 e. The standard InChI is InChI=1S/C21H25BrN4O2/c1-15-7-8-16(22)14-18(15)25-19(27)9-11-24-21(28)17-6-5-10-23-20(17)26-12-3-2-4-13-26/h5-8,10,14H,2-4,9,11-13H2,1H3,(H,24,28)(H,25,27). The van der Waals surface area contributed by atoms with Gasteiger partial charge in [-0.1, -0.05) is 22.0 Å². The molecule has 1 aromatic carbocycles. The van der Waals surface area contributed by atoms with E-state index in [2.05, 4.69) is 36.4 Å². The Morgan fingerprint density at radius 1 is 1.18 bits per heavy atom. The van der Waals surface area contributed by atoms with Crippen LogP contribution in [0.2, 0.25) is 0 Å². The van der Waals surface area contributed by atoms with Gasteiger partial charge in [0, 0.05) is 42.4 Å². The third kappa shape index (κ3) is 5.32. The van der Waals surface area contributed by atoms with Gasteiger partial charge >= 0.3 is 0 Å². The summed E-state index contributed by atoms with van der Waals surface area (Å²) < 4.78 is 0.906. The third-order valence-electron chi connectivity index (χ3n) is 4.80. The first-order valence-corrected chi connectivity index (χ1v) is 10.4. The van der Waals surface area contributed by atoms with E-state index in [0.29, 0.717) is 5.56 Å². The van der Waals surface area contributed by atoms with Gasteiger partial charge in [0.05, 0.1) is 5.56 Å². The molecule has 3 rings (SSSR count). The summed E-state index contributed by atoms with van der Waals surface area (Å²) in [5.74, 6) is 0.401. The van der Waals surface area contributed by atoms with Crippen LogP contribution in [0.1, 0.15) is 41.6 Å². The van der Waals surface area contributed by atoms with Crippen LogP contribution in [0, 0.1) is 6.92 Å². The molecule has 0 spiro atoms. The second kappa shape index (κ2) is 9.68. The molecule has 1 aliphatic heterocycles. The normalized spacial score (nSPS) is 13.9. The molecule has 28 heavy (non-hydrogen) atoms. The van der Waals surface area contributed by atoms with Crippen molar-refractivity contribution in [3.63, 3.8) is 0 Å². The Morgan fingerprint density at radius 3 is 2.75 bits per heavy atom. The number of carbonyl (C=O) groups excluding carboxylic acids is 2. The van der Waals surface area contributed by atoms with Crippen LogP contribution in [0.25, 0.3) is 0 Å². The molecular formula is C21H25BrN4O2. The molecule has 1 saturated heterocycles. The lowest BCUT2D eigenvalue weighted by atomic mass is 10.1. The Bertz CT molecular complexity index is 850. The van der Waals surface area contributed by atoms with Crippen molar-refractivity contribution in [2.45, 2.75) is 32.6 Å². The van der Waals surface area contributed by atoms with Gasteiger partial charge in [0.25, 0.3) is 5.91 Å². The fourth-order valence-corrected chi connectivity index (χ4v) is 3.62. The SMILES string of the molecule is Cc1ccc(Br)cc1NC(=O)CCNC(=O)c1cccnc1N1CCCCC1. The van der Waals surface area contributed by atoms with Crippen LogP contribution in [-0.2, 0) is 4.79 Å². The summed E-state index contributed by atoms with van der Waals surface area (Å²) in [6, 6.07) is 9.29. The molecule has 0 unspecified atom stereocenters. The number of hydrogen-bond acceptors (Lipinski definition) is 4. The number of piperidine rings is 1. The number of rotatable bonds is 6. The fourth-order valence-electron chi connectivity index (χ4n) is 3.26. The van der Waals surface area contributed by atoms with Crippen molar-refractivity contribution in [1.82, 2.24) is 10.3 Å². The monoisotopic (exact) mass is 444 g/mol. The van der Waals surface area contributed by atoms with Crippen molar-refractivity contribution in [3.05, 3.63) is 52.1 Å². The van der Waals surface area contributed by atoms with E-state index in [1.54, 1.807) is 18.3 Å². The number of nitrogens with zero attached hydrogens (tertiary/aromatic N) is 2. The van der Waals surface area contributed by atoms with E-state index in [0.717, 1.165) is 47.5 Å². The quantitative estimate of drug-likeness (QED) is 0.708. The van der Waals surface area contributed by atoms with Crippen molar-refractivity contribution < 1.29 is 9.59 Å². The maximum Gasteiger partial charge on any atom is 0.255 e. The Labute approximate surface area is 173 Å². The lowest BCUT2D eigenvalue weighted by Gasteiger charge is -2.29. The van der Waals surface area contributed by atoms with Crippen molar-refractivity contribution in [2.24, 2.45) is 0 Å². The Kier molecular flexibility index (Phi) is 7.03. The van der Waals surface area contributed by atoms with Crippen LogP contribution in [0.5, 0.6) is 0 Å². The van der Waals surface area contributed by atoms with E-state index in [4.69, 9.17) is 0 Å². The zero-order chi connectivity index (χ0) is 19.9. The molecule has 2 amide bonds. The van der Waals surface area contributed by atoms with Gasteiger partial charge in [-0.05, 0) is 56.0 Å². The number of aryl methyl sites for hydroxylation is 1. The lowest BCUT2D eigenvalue weighted by molar-refractivity contribution is -0.116. The van der Waals surface area contributed by atoms with Crippen molar-refractivity contribution in [3.8, 4) is 0 Å². The van der Waals surface area contributed by atoms with Gasteiger partial charge in [0.1, 0.15) is 5.82 Å². The Hall–Kier alpha value is -2.41. The molecular weight excluding hydrogens is 420 g/mol. The number of benzene rings is 1. The highest BCUT2D eigenvalue weighted by molar-refractivity contribution is 9.10. The van der Waals surface area contributed by atoms with E-state index in [9.17, 15) is 9.59 Å². The number of amides is 2. The number of pyridine rings is 1. The maximum absolute atomic E-state index is 12.6. The molecule has 6 nitrogen and oxygen atoms in total. The van der Waals surface area contributed by atoms with Gasteiger partial charge in [-0.3, -0.25) is 9.59 Å². The Balaban J connectivity index is 1.54. The zero-order valence-corrected chi connectivity index (χ0v) is 17.6. The number of halogens is 1. The summed E-state index contributed by atoms with van der Waals surface area (Å²) in [7, 11) is 0. The van der Waals surface area contributed by atoms with Gasteiger partial charge in [0.2, 0.25) is 5.91 Å². The van der Waals surface area contributed by atoms with Crippen LogP contribution >= 0.6 is 15.9 Å². The van der Waals surface area contributed by atoms with Gasteiger partial charge < -0.3 is 15.5 Å².